The van der Waals surface area contributed by atoms with Gasteiger partial charge in [0.15, 0.2) is 0 Å². The van der Waals surface area contributed by atoms with Gasteiger partial charge in [-0.1, -0.05) is 43.2 Å². The quantitative estimate of drug-likeness (QED) is 0.469. The van der Waals surface area contributed by atoms with Crippen molar-refractivity contribution in [1.29, 1.82) is 0 Å². The number of hydrogen-bond acceptors (Lipinski definition) is 8. The van der Waals surface area contributed by atoms with Gasteiger partial charge >= 0.3 is 0 Å². The maximum Gasteiger partial charge on any atom is 0.0697 e. The monoisotopic (exact) mass is 364 g/mol. The zero-order valence-electron chi connectivity index (χ0n) is 8.40. The molecule has 3 heterocycles. The molecule has 0 aromatic carbocycles. The van der Waals surface area contributed by atoms with Crippen molar-refractivity contribution in [2.24, 2.45) is 0 Å². The smallest absolute Gasteiger partial charge is 0.0697 e. The van der Waals surface area contributed by atoms with Crippen LogP contribution in [0.4, 0.5) is 0 Å². The van der Waals surface area contributed by atoms with Crippen LogP contribution in [0.3, 0.4) is 0 Å². The third-order valence-corrected chi connectivity index (χ3v) is 16.1. The predicted octanol–water partition coefficient (Wildman–Crippen LogP) is 5.03. The van der Waals surface area contributed by atoms with Crippen LogP contribution in [0.5, 0.6) is 0 Å². The molecule has 0 N–H and O–H groups in total. The minimum absolute atomic E-state index is 0.841. The molecule has 0 amide bonds. The fourth-order valence-corrected chi connectivity index (χ4v) is 14.0. The van der Waals surface area contributed by atoms with Crippen LogP contribution in [0, 0.1) is 0 Å². The van der Waals surface area contributed by atoms with E-state index in [1.54, 1.807) is 0 Å². The van der Waals surface area contributed by atoms with Crippen molar-refractivity contribution in [2.75, 3.05) is 23.0 Å². The van der Waals surface area contributed by atoms with Gasteiger partial charge in [-0.25, -0.2) is 0 Å². The normalized spacial score (nSPS) is 42.0. The Morgan fingerprint density at radius 2 is 0.750 bits per heavy atom. The summed E-state index contributed by atoms with van der Waals surface area (Å²) in [5, 5.41) is 0. The van der Waals surface area contributed by atoms with Gasteiger partial charge in [-0.2, -0.15) is 0 Å². The lowest BCUT2D eigenvalue weighted by atomic mass is 10.9. The molecule has 0 saturated carbocycles. The van der Waals surface area contributed by atoms with Gasteiger partial charge in [-0.15, -0.1) is 47.0 Å². The zero-order valence-corrected chi connectivity index (χ0v) is 14.9. The van der Waals surface area contributed by atoms with Crippen LogP contribution < -0.4 is 0 Å². The Labute approximate surface area is 130 Å². The Morgan fingerprint density at radius 1 is 0.500 bits per heavy atom. The molecule has 16 heavy (non-hydrogen) atoms. The highest BCUT2D eigenvalue weighted by Gasteiger charge is 2.30. The van der Waals surface area contributed by atoms with Gasteiger partial charge in [0.05, 0.1) is 18.3 Å². The Balaban J connectivity index is 1.28. The molecule has 3 aliphatic heterocycles. The second-order valence-corrected chi connectivity index (χ2v) is 14.9. The highest BCUT2D eigenvalue weighted by Crippen LogP contribution is 2.54. The lowest BCUT2D eigenvalue weighted by molar-refractivity contribution is 1.34. The van der Waals surface area contributed by atoms with E-state index in [0.29, 0.717) is 0 Å². The topological polar surface area (TPSA) is 0 Å². The summed E-state index contributed by atoms with van der Waals surface area (Å²) in [6, 6.07) is 0. The first-order chi connectivity index (χ1) is 7.90. The third-order valence-electron chi connectivity index (χ3n) is 1.98. The maximum atomic E-state index is 2.18. The van der Waals surface area contributed by atoms with E-state index in [1.165, 1.54) is 23.0 Å². The molecule has 3 fully saturated rings. The number of thioether (sulfide) groups is 4. The number of rotatable bonds is 6. The summed E-state index contributed by atoms with van der Waals surface area (Å²) in [5.41, 5.74) is 0. The van der Waals surface area contributed by atoms with E-state index in [9.17, 15) is 0 Å². The fraction of sp³-hybridized carbons (Fsp3) is 1.00. The third kappa shape index (κ3) is 5.06. The first-order valence-corrected chi connectivity index (χ1v) is 13.8. The second-order valence-electron chi connectivity index (χ2n) is 3.44. The average molecular weight is 365 g/mol. The largest absolute Gasteiger partial charge is 0.144 e. The predicted molar refractivity (Wildman–Crippen MR) is 95.3 cm³/mol. The summed E-state index contributed by atoms with van der Waals surface area (Å²) in [7, 11) is 8.47. The molecule has 0 radical (unpaired) electrons. The molecule has 4 atom stereocenters. The van der Waals surface area contributed by atoms with Crippen LogP contribution >= 0.6 is 90.2 Å². The van der Waals surface area contributed by atoms with E-state index in [0.717, 1.165) is 18.3 Å². The molecule has 4 unspecified atom stereocenters. The molecule has 3 saturated heterocycles. The van der Waals surface area contributed by atoms with Crippen molar-refractivity contribution < 1.29 is 0 Å². The molecule has 3 rings (SSSR count). The van der Waals surface area contributed by atoms with Gasteiger partial charge in [-0.3, -0.25) is 0 Å². The summed E-state index contributed by atoms with van der Waals surface area (Å²) in [5.74, 6) is 5.46. The highest BCUT2D eigenvalue weighted by atomic mass is 33.1. The van der Waals surface area contributed by atoms with Gasteiger partial charge < -0.3 is 0 Å². The van der Waals surface area contributed by atoms with Crippen molar-refractivity contribution >= 4 is 90.2 Å². The Kier molecular flexibility index (Phi) is 6.02. The Bertz CT molecular complexity index is 196. The van der Waals surface area contributed by atoms with Gasteiger partial charge in [0.1, 0.15) is 0 Å². The Hall–Kier alpha value is 2.80. The summed E-state index contributed by atoms with van der Waals surface area (Å²) in [4.78, 5) is 0. The lowest BCUT2D eigenvalue weighted by Crippen LogP contribution is -2.15. The van der Waals surface area contributed by atoms with Crippen molar-refractivity contribution in [3.8, 4) is 0 Å². The molecule has 3 aliphatic rings. The van der Waals surface area contributed by atoms with Crippen LogP contribution in [0.1, 0.15) is 0 Å². The molecule has 0 aromatic rings. The van der Waals surface area contributed by atoms with E-state index in [1.807, 2.05) is 0 Å². The first-order valence-electron chi connectivity index (χ1n) is 5.01. The van der Waals surface area contributed by atoms with E-state index in [2.05, 4.69) is 90.2 Å². The molecule has 0 aromatic heterocycles. The summed E-state index contributed by atoms with van der Waals surface area (Å²) < 4.78 is 3.52. The lowest BCUT2D eigenvalue weighted by Gasteiger charge is -2.25. The molecule has 92 valence electrons. The van der Waals surface area contributed by atoms with Gasteiger partial charge in [0, 0.05) is 23.0 Å². The van der Waals surface area contributed by atoms with Gasteiger partial charge in [-0.05, 0) is 0 Å². The zero-order chi connectivity index (χ0) is 10.8. The molecule has 0 nitrogen and oxygen atoms in total. The first kappa shape index (κ1) is 13.8. The van der Waals surface area contributed by atoms with Crippen molar-refractivity contribution in [3.05, 3.63) is 0 Å². The summed E-state index contributed by atoms with van der Waals surface area (Å²) >= 11 is 8.55. The van der Waals surface area contributed by atoms with E-state index < -0.39 is 0 Å². The minimum atomic E-state index is 0.841. The van der Waals surface area contributed by atoms with Crippen LogP contribution in [-0.4, -0.2) is 41.3 Å². The van der Waals surface area contributed by atoms with Gasteiger partial charge in [0.2, 0.25) is 0 Å². The average Bonchev–Trinajstić information content (AvgIpc) is 3.17. The fourth-order valence-electron chi connectivity index (χ4n) is 1.02. The SMILES string of the molecule is C1SC1SSC1CSC(SSC2CS2)CS1. The standard InChI is InChI=1S/C8H12S8/c1-5(9-1)13-15-7-3-12-8(4-11-7)16-14-6-2-10-6/h5-8H,1-4H2. The van der Waals surface area contributed by atoms with Crippen LogP contribution in [0.2, 0.25) is 0 Å². The highest BCUT2D eigenvalue weighted by molar-refractivity contribution is 8.81. The summed E-state index contributed by atoms with van der Waals surface area (Å²) in [6.45, 7) is 0. The summed E-state index contributed by atoms with van der Waals surface area (Å²) in [6.07, 6.45) is 0. The second kappa shape index (κ2) is 6.99. The van der Waals surface area contributed by atoms with Gasteiger partial charge in [0.25, 0.3) is 0 Å². The maximum absolute atomic E-state index is 2.18. The van der Waals surface area contributed by atoms with Crippen LogP contribution in [-0.2, 0) is 0 Å². The van der Waals surface area contributed by atoms with E-state index >= 15 is 0 Å². The molecule has 0 aliphatic carbocycles. The van der Waals surface area contributed by atoms with Crippen molar-refractivity contribution in [2.45, 2.75) is 18.3 Å². The molecular weight excluding hydrogens is 353 g/mol. The van der Waals surface area contributed by atoms with E-state index in [-0.39, 0.29) is 0 Å². The molecule has 0 bridgehead atoms. The van der Waals surface area contributed by atoms with Crippen molar-refractivity contribution in [1.82, 2.24) is 0 Å². The molecule has 8 heteroatoms. The van der Waals surface area contributed by atoms with Crippen molar-refractivity contribution in [3.63, 3.8) is 0 Å². The van der Waals surface area contributed by atoms with Crippen LogP contribution in [0.15, 0.2) is 0 Å². The molecular formula is C8H12S8. The van der Waals surface area contributed by atoms with Crippen LogP contribution in [0.25, 0.3) is 0 Å². The Morgan fingerprint density at radius 3 is 0.938 bits per heavy atom. The van der Waals surface area contributed by atoms with E-state index in [4.69, 9.17) is 0 Å². The number of hydrogen-bond donors (Lipinski definition) is 0. The molecule has 0 spiro atoms. The minimum Gasteiger partial charge on any atom is -0.144 e.